The van der Waals surface area contributed by atoms with Crippen LogP contribution >= 0.6 is 0 Å². The molecule has 15 heavy (non-hydrogen) atoms. The van der Waals surface area contributed by atoms with E-state index >= 15 is 0 Å². The Balaban J connectivity index is 1.79. The minimum Gasteiger partial charge on any atom is -0.481 e. The van der Waals surface area contributed by atoms with Gasteiger partial charge in [0, 0.05) is 12.1 Å². The quantitative estimate of drug-likeness (QED) is 0.751. The Morgan fingerprint density at radius 1 is 1.27 bits per heavy atom. The molecule has 2 aliphatic rings. The predicted molar refractivity (Wildman–Crippen MR) is 58.7 cm³/mol. The third kappa shape index (κ3) is 2.51. The number of rotatable bonds is 3. The summed E-state index contributed by atoms with van der Waals surface area (Å²) in [6.45, 7) is 2.28. The molecule has 2 rings (SSSR count). The summed E-state index contributed by atoms with van der Waals surface area (Å²) in [6, 6.07) is 1.11. The molecule has 86 valence electrons. The standard InChI is InChI=1S/C12H21NO2/c1-8-5-6-11(8)13-10-4-2-3-9(7-10)12(14)15/h8-11,13H,2-7H2,1H3,(H,14,15). The van der Waals surface area contributed by atoms with E-state index in [-0.39, 0.29) is 5.92 Å². The molecular formula is C12H21NO2. The first kappa shape index (κ1) is 10.9. The van der Waals surface area contributed by atoms with E-state index in [0.29, 0.717) is 12.1 Å². The number of nitrogens with one attached hydrogen (secondary N) is 1. The molecule has 3 nitrogen and oxygen atoms in total. The average molecular weight is 211 g/mol. The number of hydrogen-bond acceptors (Lipinski definition) is 2. The highest BCUT2D eigenvalue weighted by atomic mass is 16.4. The third-order valence-corrected chi connectivity index (χ3v) is 4.09. The Hall–Kier alpha value is -0.570. The van der Waals surface area contributed by atoms with Crippen LogP contribution in [-0.4, -0.2) is 23.2 Å². The normalized spacial score (nSPS) is 40.9. The molecule has 2 fully saturated rings. The molecule has 0 aromatic carbocycles. The summed E-state index contributed by atoms with van der Waals surface area (Å²) in [5.74, 6) is 0.0741. The SMILES string of the molecule is CC1CCC1NC1CCCC(C(=O)O)C1. The van der Waals surface area contributed by atoms with Crippen LogP contribution in [0.15, 0.2) is 0 Å². The van der Waals surface area contributed by atoms with Crippen LogP contribution in [0.4, 0.5) is 0 Å². The first-order chi connectivity index (χ1) is 7.16. The van der Waals surface area contributed by atoms with Crippen LogP contribution in [-0.2, 0) is 4.79 Å². The van der Waals surface area contributed by atoms with E-state index in [1.165, 1.54) is 12.8 Å². The van der Waals surface area contributed by atoms with Crippen LogP contribution in [0.25, 0.3) is 0 Å². The predicted octanol–water partition coefficient (Wildman–Crippen LogP) is 2.02. The monoisotopic (exact) mass is 211 g/mol. The second-order valence-corrected chi connectivity index (χ2v) is 5.23. The number of hydrogen-bond donors (Lipinski definition) is 2. The molecule has 0 spiro atoms. The zero-order chi connectivity index (χ0) is 10.8. The van der Waals surface area contributed by atoms with Crippen LogP contribution in [0.2, 0.25) is 0 Å². The lowest BCUT2D eigenvalue weighted by Crippen LogP contribution is -2.49. The van der Waals surface area contributed by atoms with E-state index in [1.807, 2.05) is 0 Å². The minimum absolute atomic E-state index is 0.105. The molecule has 2 N–H and O–H groups in total. The maximum atomic E-state index is 10.9. The average Bonchev–Trinajstić information content (AvgIpc) is 2.24. The van der Waals surface area contributed by atoms with Crippen LogP contribution < -0.4 is 5.32 Å². The topological polar surface area (TPSA) is 49.3 Å². The smallest absolute Gasteiger partial charge is 0.306 e. The molecule has 0 aromatic rings. The molecule has 3 heteroatoms. The molecule has 0 heterocycles. The van der Waals surface area contributed by atoms with E-state index in [2.05, 4.69) is 12.2 Å². The molecule has 0 saturated heterocycles. The van der Waals surface area contributed by atoms with E-state index < -0.39 is 5.97 Å². The van der Waals surface area contributed by atoms with Gasteiger partial charge in [-0.2, -0.15) is 0 Å². The number of carboxylic acid groups (broad SMARTS) is 1. The molecule has 4 atom stereocenters. The van der Waals surface area contributed by atoms with Gasteiger partial charge in [0.25, 0.3) is 0 Å². The first-order valence-electron chi connectivity index (χ1n) is 6.15. The molecule has 2 aliphatic carbocycles. The lowest BCUT2D eigenvalue weighted by molar-refractivity contribution is -0.143. The van der Waals surface area contributed by atoms with Crippen molar-refractivity contribution in [2.24, 2.45) is 11.8 Å². The van der Waals surface area contributed by atoms with Gasteiger partial charge in [-0.1, -0.05) is 13.3 Å². The van der Waals surface area contributed by atoms with Crippen molar-refractivity contribution in [2.75, 3.05) is 0 Å². The van der Waals surface area contributed by atoms with Crippen molar-refractivity contribution in [3.05, 3.63) is 0 Å². The van der Waals surface area contributed by atoms with Gasteiger partial charge in [-0.3, -0.25) is 4.79 Å². The fourth-order valence-electron chi connectivity index (χ4n) is 2.78. The molecule has 4 unspecified atom stereocenters. The zero-order valence-electron chi connectivity index (χ0n) is 9.41. The highest BCUT2D eigenvalue weighted by molar-refractivity contribution is 5.70. The largest absolute Gasteiger partial charge is 0.481 e. The summed E-state index contributed by atoms with van der Waals surface area (Å²) >= 11 is 0. The first-order valence-corrected chi connectivity index (χ1v) is 6.15. The highest BCUT2D eigenvalue weighted by Crippen LogP contribution is 2.30. The summed E-state index contributed by atoms with van der Waals surface area (Å²) in [6.07, 6.45) is 6.52. The summed E-state index contributed by atoms with van der Waals surface area (Å²) in [5.41, 5.74) is 0. The van der Waals surface area contributed by atoms with E-state index in [1.54, 1.807) is 0 Å². The zero-order valence-corrected chi connectivity index (χ0v) is 9.41. The Morgan fingerprint density at radius 2 is 2.07 bits per heavy atom. The molecular weight excluding hydrogens is 190 g/mol. The van der Waals surface area contributed by atoms with Crippen LogP contribution in [0.5, 0.6) is 0 Å². The van der Waals surface area contributed by atoms with Gasteiger partial charge >= 0.3 is 5.97 Å². The van der Waals surface area contributed by atoms with Gasteiger partial charge in [-0.15, -0.1) is 0 Å². The number of aliphatic carboxylic acids is 1. The summed E-state index contributed by atoms with van der Waals surface area (Å²) in [4.78, 5) is 10.9. The van der Waals surface area contributed by atoms with Gasteiger partial charge in [-0.25, -0.2) is 0 Å². The van der Waals surface area contributed by atoms with Crippen molar-refractivity contribution < 1.29 is 9.90 Å². The van der Waals surface area contributed by atoms with Crippen LogP contribution in [0.3, 0.4) is 0 Å². The molecule has 0 radical (unpaired) electrons. The maximum Gasteiger partial charge on any atom is 0.306 e. The lowest BCUT2D eigenvalue weighted by atomic mass is 9.78. The fraction of sp³-hybridized carbons (Fsp3) is 0.917. The second kappa shape index (κ2) is 4.52. The molecule has 0 bridgehead atoms. The van der Waals surface area contributed by atoms with Gasteiger partial charge < -0.3 is 10.4 Å². The maximum absolute atomic E-state index is 10.9. The third-order valence-electron chi connectivity index (χ3n) is 4.09. The van der Waals surface area contributed by atoms with Crippen molar-refractivity contribution in [1.29, 1.82) is 0 Å². The summed E-state index contributed by atoms with van der Waals surface area (Å²) in [7, 11) is 0. The second-order valence-electron chi connectivity index (χ2n) is 5.23. The number of carboxylic acids is 1. The van der Waals surface area contributed by atoms with Gasteiger partial charge in [0.2, 0.25) is 0 Å². The lowest BCUT2D eigenvalue weighted by Gasteiger charge is -2.39. The summed E-state index contributed by atoms with van der Waals surface area (Å²) in [5, 5.41) is 12.6. The Labute approximate surface area is 91.2 Å². The van der Waals surface area contributed by atoms with Gasteiger partial charge in [0.1, 0.15) is 0 Å². The van der Waals surface area contributed by atoms with Crippen molar-refractivity contribution in [1.82, 2.24) is 5.32 Å². The molecule has 0 aromatic heterocycles. The highest BCUT2D eigenvalue weighted by Gasteiger charge is 2.32. The minimum atomic E-state index is -0.608. The van der Waals surface area contributed by atoms with Crippen molar-refractivity contribution in [3.8, 4) is 0 Å². The molecule has 0 aliphatic heterocycles. The van der Waals surface area contributed by atoms with Gasteiger partial charge in [0.05, 0.1) is 5.92 Å². The summed E-state index contributed by atoms with van der Waals surface area (Å²) < 4.78 is 0. The molecule has 2 saturated carbocycles. The van der Waals surface area contributed by atoms with Crippen LogP contribution in [0, 0.1) is 11.8 Å². The fourth-order valence-corrected chi connectivity index (χ4v) is 2.78. The van der Waals surface area contributed by atoms with Gasteiger partial charge in [-0.05, 0) is 38.0 Å². The van der Waals surface area contributed by atoms with Crippen molar-refractivity contribution in [3.63, 3.8) is 0 Å². The number of carbonyl (C=O) groups is 1. The Morgan fingerprint density at radius 3 is 2.60 bits per heavy atom. The van der Waals surface area contributed by atoms with Crippen molar-refractivity contribution >= 4 is 5.97 Å². The van der Waals surface area contributed by atoms with E-state index in [9.17, 15) is 4.79 Å². The van der Waals surface area contributed by atoms with E-state index in [4.69, 9.17) is 5.11 Å². The van der Waals surface area contributed by atoms with Gasteiger partial charge in [0.15, 0.2) is 0 Å². The molecule has 0 amide bonds. The Bertz CT molecular complexity index is 242. The van der Waals surface area contributed by atoms with Crippen molar-refractivity contribution in [2.45, 2.75) is 57.5 Å². The van der Waals surface area contributed by atoms with Crippen LogP contribution in [0.1, 0.15) is 45.4 Å². The Kier molecular flexibility index (Phi) is 3.29. The van der Waals surface area contributed by atoms with E-state index in [0.717, 1.165) is 31.6 Å².